The first-order valence-corrected chi connectivity index (χ1v) is 8.33. The monoisotopic (exact) mass is 282 g/mol. The molecule has 2 nitrogen and oxygen atoms in total. The number of nitrogens with zero attached hydrogens (tertiary/aromatic N) is 1. The molecular formula is C14H22N2S2. The molecule has 0 amide bonds. The maximum absolute atomic E-state index is 4.76. The Bertz CT molecular complexity index is 407. The molecule has 0 saturated carbocycles. The molecule has 1 saturated heterocycles. The van der Waals surface area contributed by atoms with Crippen molar-refractivity contribution < 1.29 is 0 Å². The summed E-state index contributed by atoms with van der Waals surface area (Å²) in [6, 6.07) is 4.90. The van der Waals surface area contributed by atoms with Gasteiger partial charge in [-0.1, -0.05) is 45.5 Å². The average molecular weight is 282 g/mol. The summed E-state index contributed by atoms with van der Waals surface area (Å²) in [4.78, 5) is 6.17. The van der Waals surface area contributed by atoms with E-state index in [0.717, 1.165) is 17.5 Å². The Morgan fingerprint density at radius 3 is 2.83 bits per heavy atom. The number of amidine groups is 1. The third-order valence-electron chi connectivity index (χ3n) is 3.32. The van der Waals surface area contributed by atoms with Crippen molar-refractivity contribution in [3.05, 3.63) is 22.4 Å². The van der Waals surface area contributed by atoms with E-state index in [1.807, 2.05) is 23.1 Å². The standard InChI is InChI=1S/C14H22N2S2/c1-10(2)11-8-18-13(16-11)15-9-14(3,4)12-6-5-7-17-12/h5-7,10-11H,8-9H2,1-4H3,(H,15,16). The zero-order chi connectivity index (χ0) is 13.2. The predicted molar refractivity (Wildman–Crippen MR) is 83.9 cm³/mol. The van der Waals surface area contributed by atoms with Crippen LogP contribution in [0.1, 0.15) is 32.6 Å². The van der Waals surface area contributed by atoms with Gasteiger partial charge in [0.1, 0.15) is 0 Å². The van der Waals surface area contributed by atoms with Crippen LogP contribution in [0.5, 0.6) is 0 Å². The van der Waals surface area contributed by atoms with Crippen LogP contribution in [-0.2, 0) is 5.41 Å². The molecule has 1 unspecified atom stereocenters. The topological polar surface area (TPSA) is 24.4 Å². The molecule has 4 heteroatoms. The second-order valence-corrected chi connectivity index (χ2v) is 7.74. The molecule has 1 aromatic rings. The van der Waals surface area contributed by atoms with E-state index >= 15 is 0 Å². The van der Waals surface area contributed by atoms with Crippen molar-refractivity contribution in [2.75, 3.05) is 12.3 Å². The molecule has 1 aliphatic rings. The van der Waals surface area contributed by atoms with Gasteiger partial charge in [0.25, 0.3) is 0 Å². The Morgan fingerprint density at radius 2 is 2.28 bits per heavy atom. The van der Waals surface area contributed by atoms with Gasteiger partial charge < -0.3 is 5.32 Å². The zero-order valence-electron chi connectivity index (χ0n) is 11.6. The molecule has 0 aliphatic carbocycles. The van der Waals surface area contributed by atoms with Crippen LogP contribution in [-0.4, -0.2) is 23.5 Å². The third-order valence-corrected chi connectivity index (χ3v) is 5.60. The zero-order valence-corrected chi connectivity index (χ0v) is 13.2. The maximum atomic E-state index is 4.76. The van der Waals surface area contributed by atoms with Crippen LogP contribution in [0.4, 0.5) is 0 Å². The quantitative estimate of drug-likeness (QED) is 0.909. The van der Waals surface area contributed by atoms with Crippen molar-refractivity contribution in [3.8, 4) is 0 Å². The molecule has 1 aromatic heterocycles. The van der Waals surface area contributed by atoms with E-state index in [0.29, 0.717) is 12.0 Å². The second-order valence-electron chi connectivity index (χ2n) is 5.79. The highest BCUT2D eigenvalue weighted by atomic mass is 32.2. The normalized spacial score (nSPS) is 22.7. The van der Waals surface area contributed by atoms with E-state index in [1.54, 1.807) is 0 Å². The van der Waals surface area contributed by atoms with Gasteiger partial charge in [-0.3, -0.25) is 4.99 Å². The fraction of sp³-hybridized carbons (Fsp3) is 0.643. The lowest BCUT2D eigenvalue weighted by Gasteiger charge is -2.21. The molecule has 0 spiro atoms. The van der Waals surface area contributed by atoms with E-state index in [-0.39, 0.29) is 5.41 Å². The Kier molecular flexibility index (Phi) is 4.38. The summed E-state index contributed by atoms with van der Waals surface area (Å²) in [7, 11) is 0. The van der Waals surface area contributed by atoms with Crippen LogP contribution < -0.4 is 5.32 Å². The highest BCUT2D eigenvalue weighted by Crippen LogP contribution is 2.28. The van der Waals surface area contributed by atoms with Crippen molar-refractivity contribution in [2.24, 2.45) is 10.9 Å². The fourth-order valence-corrected chi connectivity index (χ4v) is 3.91. The minimum atomic E-state index is 0.138. The van der Waals surface area contributed by atoms with E-state index in [9.17, 15) is 0 Å². The molecule has 1 fully saturated rings. The van der Waals surface area contributed by atoms with E-state index in [2.05, 4.69) is 50.5 Å². The molecule has 1 aliphatic heterocycles. The number of thioether (sulfide) groups is 1. The fourth-order valence-electron chi connectivity index (χ4n) is 1.87. The van der Waals surface area contributed by atoms with Crippen LogP contribution in [0.3, 0.4) is 0 Å². The largest absolute Gasteiger partial charge is 0.361 e. The van der Waals surface area contributed by atoms with Crippen LogP contribution >= 0.6 is 23.1 Å². The number of nitrogens with one attached hydrogen (secondary N) is 1. The van der Waals surface area contributed by atoms with Crippen molar-refractivity contribution in [3.63, 3.8) is 0 Å². The lowest BCUT2D eigenvalue weighted by atomic mass is 9.92. The lowest BCUT2D eigenvalue weighted by molar-refractivity contribution is 0.500. The van der Waals surface area contributed by atoms with Gasteiger partial charge in [0.15, 0.2) is 5.17 Å². The predicted octanol–water partition coefficient (Wildman–Crippen LogP) is 3.74. The van der Waals surface area contributed by atoms with Gasteiger partial charge in [-0.05, 0) is 17.4 Å². The molecule has 0 radical (unpaired) electrons. The molecule has 0 aromatic carbocycles. The molecule has 1 N–H and O–H groups in total. The minimum absolute atomic E-state index is 0.138. The van der Waals surface area contributed by atoms with Gasteiger partial charge in [0.05, 0.1) is 6.54 Å². The van der Waals surface area contributed by atoms with Gasteiger partial charge in [-0.2, -0.15) is 0 Å². The lowest BCUT2D eigenvalue weighted by Crippen LogP contribution is -2.32. The SMILES string of the molecule is CC(C)C1CSC(=NCC(C)(C)c2cccs2)N1. The maximum Gasteiger partial charge on any atom is 0.156 e. The van der Waals surface area contributed by atoms with Crippen molar-refractivity contribution >= 4 is 28.3 Å². The average Bonchev–Trinajstić information content (AvgIpc) is 2.98. The molecule has 1 atom stereocenters. The first-order valence-electron chi connectivity index (χ1n) is 6.47. The van der Waals surface area contributed by atoms with Crippen molar-refractivity contribution in [1.82, 2.24) is 5.32 Å². The highest BCUT2D eigenvalue weighted by Gasteiger charge is 2.25. The highest BCUT2D eigenvalue weighted by molar-refractivity contribution is 8.14. The number of aliphatic imine (C=N–C) groups is 1. The summed E-state index contributed by atoms with van der Waals surface area (Å²) in [5.41, 5.74) is 0.138. The molecule has 2 rings (SSSR count). The van der Waals surface area contributed by atoms with Gasteiger partial charge >= 0.3 is 0 Å². The van der Waals surface area contributed by atoms with Gasteiger partial charge in [0, 0.05) is 22.1 Å². The molecule has 2 heterocycles. The Labute approximate surface area is 118 Å². The summed E-state index contributed by atoms with van der Waals surface area (Å²) in [5.74, 6) is 1.83. The first-order chi connectivity index (χ1) is 8.49. The first kappa shape index (κ1) is 13.9. The van der Waals surface area contributed by atoms with Crippen LogP contribution in [0.15, 0.2) is 22.5 Å². The Hall–Kier alpha value is -0.480. The summed E-state index contributed by atoms with van der Waals surface area (Å²) < 4.78 is 0. The van der Waals surface area contributed by atoms with Crippen molar-refractivity contribution in [1.29, 1.82) is 0 Å². The number of rotatable bonds is 4. The van der Waals surface area contributed by atoms with Gasteiger partial charge in [0.2, 0.25) is 0 Å². The van der Waals surface area contributed by atoms with Crippen LogP contribution in [0.25, 0.3) is 0 Å². The number of hydrogen-bond acceptors (Lipinski definition) is 3. The van der Waals surface area contributed by atoms with Gasteiger partial charge in [-0.15, -0.1) is 11.3 Å². The van der Waals surface area contributed by atoms with Crippen molar-refractivity contribution in [2.45, 2.75) is 39.2 Å². The second kappa shape index (κ2) is 5.66. The van der Waals surface area contributed by atoms with E-state index in [1.165, 1.54) is 4.88 Å². The Morgan fingerprint density at radius 1 is 1.50 bits per heavy atom. The molecule has 18 heavy (non-hydrogen) atoms. The summed E-state index contributed by atoms with van der Waals surface area (Å²) >= 11 is 3.68. The summed E-state index contributed by atoms with van der Waals surface area (Å²) in [6.07, 6.45) is 0. The van der Waals surface area contributed by atoms with Crippen LogP contribution in [0, 0.1) is 5.92 Å². The summed E-state index contributed by atoms with van der Waals surface area (Å²) in [6.45, 7) is 9.91. The van der Waals surface area contributed by atoms with Gasteiger partial charge in [-0.25, -0.2) is 0 Å². The van der Waals surface area contributed by atoms with E-state index in [4.69, 9.17) is 4.99 Å². The molecule has 100 valence electrons. The number of thiophene rings is 1. The molecule has 0 bridgehead atoms. The summed E-state index contributed by atoms with van der Waals surface area (Å²) in [5, 5.41) is 6.79. The van der Waals surface area contributed by atoms with E-state index < -0.39 is 0 Å². The molecular weight excluding hydrogens is 260 g/mol. The third kappa shape index (κ3) is 3.29. The minimum Gasteiger partial charge on any atom is -0.361 e. The number of hydrogen-bond donors (Lipinski definition) is 1. The Balaban J connectivity index is 1.95. The smallest absolute Gasteiger partial charge is 0.156 e. The van der Waals surface area contributed by atoms with Crippen LogP contribution in [0.2, 0.25) is 0 Å².